The third-order valence-electron chi connectivity index (χ3n) is 3.79. The minimum atomic E-state index is -0.372. The van der Waals surface area contributed by atoms with Crippen molar-refractivity contribution in [3.05, 3.63) is 36.3 Å². The highest BCUT2D eigenvalue weighted by Gasteiger charge is 2.26. The maximum atomic E-state index is 6.36. The van der Waals surface area contributed by atoms with Crippen molar-refractivity contribution in [1.29, 1.82) is 0 Å². The Morgan fingerprint density at radius 3 is 2.35 bits per heavy atom. The Bertz CT molecular complexity index is 541. The van der Waals surface area contributed by atoms with Gasteiger partial charge < -0.3 is 15.5 Å². The zero-order valence-electron chi connectivity index (χ0n) is 12.4. The van der Waals surface area contributed by atoms with E-state index in [1.54, 1.807) is 0 Å². The highest BCUT2D eigenvalue weighted by molar-refractivity contribution is 5.59. The largest absolute Gasteiger partial charge is 0.494 e. The van der Waals surface area contributed by atoms with Gasteiger partial charge >= 0.3 is 0 Å². The molecule has 0 fully saturated rings. The van der Waals surface area contributed by atoms with Gasteiger partial charge in [-0.05, 0) is 49.6 Å². The Morgan fingerprint density at radius 1 is 1.15 bits per heavy atom. The van der Waals surface area contributed by atoms with Crippen molar-refractivity contribution >= 4 is 0 Å². The average molecular weight is 273 g/mol. The number of hydrogen-bond acceptors (Lipinski definition) is 3. The van der Waals surface area contributed by atoms with Crippen LogP contribution >= 0.6 is 0 Å². The molecule has 0 saturated heterocycles. The summed E-state index contributed by atoms with van der Waals surface area (Å²) < 4.78 is 5.45. The molecule has 1 aromatic carbocycles. The zero-order chi connectivity index (χ0) is 14.6. The number of imidazole rings is 1. The predicted molar refractivity (Wildman–Crippen MR) is 81.6 cm³/mol. The molecule has 0 saturated carbocycles. The van der Waals surface area contributed by atoms with Gasteiger partial charge in [0.15, 0.2) is 0 Å². The topological polar surface area (TPSA) is 63.9 Å². The molecule has 3 N–H and O–H groups in total. The highest BCUT2D eigenvalue weighted by atomic mass is 16.5. The molecular formula is C16H23N3O. The van der Waals surface area contributed by atoms with Crippen LogP contribution in [0.25, 0.3) is 11.3 Å². The van der Waals surface area contributed by atoms with Crippen LogP contribution in [0.5, 0.6) is 5.75 Å². The predicted octanol–water partition coefficient (Wildman–Crippen LogP) is 3.45. The second kappa shape index (κ2) is 6.09. The maximum Gasteiger partial charge on any atom is 0.126 e. The Hall–Kier alpha value is -1.81. The van der Waals surface area contributed by atoms with Gasteiger partial charge in [0.2, 0.25) is 0 Å². The minimum Gasteiger partial charge on any atom is -0.494 e. The van der Waals surface area contributed by atoms with E-state index in [1.165, 1.54) is 0 Å². The van der Waals surface area contributed by atoms with Crippen molar-refractivity contribution in [3.8, 4) is 17.0 Å². The van der Waals surface area contributed by atoms with Crippen LogP contribution in [-0.2, 0) is 5.54 Å². The van der Waals surface area contributed by atoms with Crippen LogP contribution in [0.2, 0.25) is 0 Å². The summed E-state index contributed by atoms with van der Waals surface area (Å²) in [4.78, 5) is 7.80. The van der Waals surface area contributed by atoms with E-state index in [-0.39, 0.29) is 5.54 Å². The van der Waals surface area contributed by atoms with Crippen LogP contribution in [0.15, 0.2) is 30.5 Å². The Kier molecular flexibility index (Phi) is 4.45. The number of ether oxygens (including phenoxy) is 1. The third kappa shape index (κ3) is 2.85. The van der Waals surface area contributed by atoms with Gasteiger partial charge in [-0.15, -0.1) is 0 Å². The number of hydrogen-bond donors (Lipinski definition) is 2. The molecule has 0 aliphatic heterocycles. The molecule has 0 radical (unpaired) electrons. The lowest BCUT2D eigenvalue weighted by molar-refractivity contribution is 0.340. The van der Waals surface area contributed by atoms with Crippen LogP contribution in [0.3, 0.4) is 0 Å². The zero-order valence-corrected chi connectivity index (χ0v) is 12.4. The van der Waals surface area contributed by atoms with E-state index in [4.69, 9.17) is 10.5 Å². The van der Waals surface area contributed by atoms with Crippen LogP contribution < -0.4 is 10.5 Å². The molecule has 0 aliphatic rings. The summed E-state index contributed by atoms with van der Waals surface area (Å²) >= 11 is 0. The van der Waals surface area contributed by atoms with Gasteiger partial charge in [-0.3, -0.25) is 0 Å². The normalized spacial score (nSPS) is 11.6. The lowest BCUT2D eigenvalue weighted by Gasteiger charge is -2.23. The van der Waals surface area contributed by atoms with Gasteiger partial charge in [0.05, 0.1) is 24.0 Å². The smallest absolute Gasteiger partial charge is 0.126 e. The van der Waals surface area contributed by atoms with E-state index >= 15 is 0 Å². The van der Waals surface area contributed by atoms with Crippen molar-refractivity contribution < 1.29 is 4.74 Å². The number of H-pyrrole nitrogens is 1. The van der Waals surface area contributed by atoms with E-state index in [0.717, 1.165) is 35.7 Å². The molecule has 0 unspecified atom stereocenters. The molecule has 0 aliphatic carbocycles. The van der Waals surface area contributed by atoms with Gasteiger partial charge in [-0.2, -0.15) is 0 Å². The van der Waals surface area contributed by atoms with Crippen LogP contribution in [0.1, 0.15) is 39.4 Å². The van der Waals surface area contributed by atoms with Crippen LogP contribution in [0, 0.1) is 0 Å². The van der Waals surface area contributed by atoms with Crippen molar-refractivity contribution in [2.45, 2.75) is 39.2 Å². The first-order valence-electron chi connectivity index (χ1n) is 7.20. The minimum absolute atomic E-state index is 0.372. The fraction of sp³-hybridized carbons (Fsp3) is 0.438. The lowest BCUT2D eigenvalue weighted by atomic mass is 9.93. The van der Waals surface area contributed by atoms with E-state index < -0.39 is 0 Å². The Labute approximate surface area is 120 Å². The molecular weight excluding hydrogens is 250 g/mol. The number of aromatic amines is 1. The quantitative estimate of drug-likeness (QED) is 0.847. The number of benzene rings is 1. The van der Waals surface area contributed by atoms with Crippen LogP contribution in [-0.4, -0.2) is 16.6 Å². The van der Waals surface area contributed by atoms with Crippen molar-refractivity contribution in [3.63, 3.8) is 0 Å². The summed E-state index contributed by atoms with van der Waals surface area (Å²) in [5.74, 6) is 1.73. The maximum absolute atomic E-state index is 6.36. The fourth-order valence-electron chi connectivity index (χ4n) is 2.20. The van der Waals surface area contributed by atoms with Crippen molar-refractivity contribution in [1.82, 2.24) is 9.97 Å². The van der Waals surface area contributed by atoms with E-state index in [2.05, 4.69) is 23.8 Å². The van der Waals surface area contributed by atoms with E-state index in [0.29, 0.717) is 6.61 Å². The summed E-state index contributed by atoms with van der Waals surface area (Å²) in [6, 6.07) is 7.99. The standard InChI is InChI=1S/C16H23N3O/c1-4-16(17,5-2)15-18-11-14(19-15)12-7-9-13(10-8-12)20-6-3/h7-11H,4-6,17H2,1-3H3,(H,18,19). The number of rotatable bonds is 6. The summed E-state index contributed by atoms with van der Waals surface area (Å²) in [6.45, 7) is 6.83. The molecule has 0 amide bonds. The monoisotopic (exact) mass is 273 g/mol. The van der Waals surface area contributed by atoms with Crippen LogP contribution in [0.4, 0.5) is 0 Å². The fourth-order valence-corrected chi connectivity index (χ4v) is 2.20. The number of nitrogens with zero attached hydrogens (tertiary/aromatic N) is 1. The van der Waals surface area contributed by atoms with Crippen molar-refractivity contribution in [2.24, 2.45) is 5.73 Å². The molecule has 0 atom stereocenters. The van der Waals surface area contributed by atoms with Gasteiger partial charge in [0, 0.05) is 0 Å². The van der Waals surface area contributed by atoms with Gasteiger partial charge in [-0.1, -0.05) is 13.8 Å². The van der Waals surface area contributed by atoms with E-state index in [1.807, 2.05) is 37.4 Å². The first-order chi connectivity index (χ1) is 9.62. The van der Waals surface area contributed by atoms with Gasteiger partial charge in [0.25, 0.3) is 0 Å². The first-order valence-corrected chi connectivity index (χ1v) is 7.20. The first kappa shape index (κ1) is 14.6. The van der Waals surface area contributed by atoms with Crippen molar-refractivity contribution in [2.75, 3.05) is 6.61 Å². The Balaban J connectivity index is 2.24. The van der Waals surface area contributed by atoms with Gasteiger partial charge in [-0.25, -0.2) is 4.98 Å². The number of nitrogens with one attached hydrogen (secondary N) is 1. The summed E-state index contributed by atoms with van der Waals surface area (Å²) in [7, 11) is 0. The molecule has 4 heteroatoms. The molecule has 0 bridgehead atoms. The lowest BCUT2D eigenvalue weighted by Crippen LogP contribution is -2.36. The SMILES string of the molecule is CCOc1ccc(-c2cnc(C(N)(CC)CC)[nH]2)cc1. The second-order valence-corrected chi connectivity index (χ2v) is 4.97. The van der Waals surface area contributed by atoms with Gasteiger partial charge in [0.1, 0.15) is 11.6 Å². The number of aromatic nitrogens is 2. The molecule has 1 aromatic heterocycles. The number of nitrogens with two attached hydrogens (primary N) is 1. The average Bonchev–Trinajstić information content (AvgIpc) is 2.98. The molecule has 2 aromatic rings. The molecule has 4 nitrogen and oxygen atoms in total. The molecule has 108 valence electrons. The molecule has 1 heterocycles. The summed E-state index contributed by atoms with van der Waals surface area (Å²) in [6.07, 6.45) is 3.57. The third-order valence-corrected chi connectivity index (χ3v) is 3.79. The summed E-state index contributed by atoms with van der Waals surface area (Å²) in [5.41, 5.74) is 8.06. The molecule has 0 spiro atoms. The molecule has 20 heavy (non-hydrogen) atoms. The summed E-state index contributed by atoms with van der Waals surface area (Å²) in [5, 5.41) is 0. The molecule has 2 rings (SSSR count). The Morgan fingerprint density at radius 2 is 1.80 bits per heavy atom. The second-order valence-electron chi connectivity index (χ2n) is 4.97. The van der Waals surface area contributed by atoms with E-state index in [9.17, 15) is 0 Å². The highest BCUT2D eigenvalue weighted by Crippen LogP contribution is 2.26.